The first-order valence-electron chi connectivity index (χ1n) is 2.91. The number of benzene rings is 1. The van der Waals surface area contributed by atoms with Crippen LogP contribution in [0.5, 0.6) is 0 Å². The number of halogens is 3. The molecule has 0 aromatic heterocycles. The van der Waals surface area contributed by atoms with Gasteiger partial charge in [-0.05, 0) is 37.9 Å². The molecule has 0 saturated carbocycles. The summed E-state index contributed by atoms with van der Waals surface area (Å²) in [5, 5.41) is 9.04. The van der Waals surface area contributed by atoms with Crippen LogP contribution in [-0.2, 0) is 0 Å². The van der Waals surface area contributed by atoms with Crippen LogP contribution in [-0.4, -0.2) is 0 Å². The molecule has 0 spiro atoms. The number of hydrogen-bond donors (Lipinski definition) is 1. The van der Waals surface area contributed by atoms with E-state index in [1.54, 1.807) is 6.07 Å². The molecule has 1 aromatic rings. The van der Waals surface area contributed by atoms with Gasteiger partial charge in [0, 0.05) is 8.95 Å². The van der Waals surface area contributed by atoms with Gasteiger partial charge in [-0.25, -0.2) is 0 Å². The molecule has 5 heteroatoms. The molecular formula is C7H3Br2ClN2. The fourth-order valence-corrected chi connectivity index (χ4v) is 2.08. The van der Waals surface area contributed by atoms with E-state index >= 15 is 0 Å². The van der Waals surface area contributed by atoms with Crippen LogP contribution in [0.1, 0.15) is 5.56 Å². The molecule has 0 unspecified atom stereocenters. The summed E-state index contributed by atoms with van der Waals surface area (Å²) in [6, 6.07) is 3.64. The fourth-order valence-electron chi connectivity index (χ4n) is 0.719. The van der Waals surface area contributed by atoms with Gasteiger partial charge < -0.3 is 5.73 Å². The van der Waals surface area contributed by atoms with Gasteiger partial charge >= 0.3 is 0 Å². The van der Waals surface area contributed by atoms with Gasteiger partial charge in [0.15, 0.2) is 0 Å². The summed E-state index contributed by atoms with van der Waals surface area (Å²) in [4.78, 5) is 0. The quantitative estimate of drug-likeness (QED) is 0.590. The van der Waals surface area contributed by atoms with Crippen molar-refractivity contribution < 1.29 is 0 Å². The number of nitrogens with two attached hydrogens (primary N) is 1. The van der Waals surface area contributed by atoms with Crippen molar-refractivity contribution in [2.75, 3.05) is 5.73 Å². The number of anilines is 1. The lowest BCUT2D eigenvalue weighted by atomic mass is 10.2. The molecule has 1 aromatic carbocycles. The van der Waals surface area contributed by atoms with E-state index in [-0.39, 0.29) is 5.56 Å². The van der Waals surface area contributed by atoms with Crippen LogP contribution in [0.3, 0.4) is 0 Å². The van der Waals surface area contributed by atoms with Crippen LogP contribution >= 0.6 is 43.5 Å². The third kappa shape index (κ3) is 1.58. The molecule has 12 heavy (non-hydrogen) atoms. The minimum Gasteiger partial charge on any atom is -0.397 e. The Morgan fingerprint density at radius 1 is 1.42 bits per heavy atom. The summed E-state index contributed by atoms with van der Waals surface area (Å²) in [7, 11) is 0. The minimum absolute atomic E-state index is 0.290. The van der Waals surface area contributed by atoms with Gasteiger partial charge in [-0.2, -0.15) is 5.26 Å². The Labute approximate surface area is 91.6 Å². The summed E-state index contributed by atoms with van der Waals surface area (Å²) in [5.74, 6) is 0. The highest BCUT2D eigenvalue weighted by atomic mass is 79.9. The van der Waals surface area contributed by atoms with Gasteiger partial charge in [0.1, 0.15) is 6.07 Å². The van der Waals surface area contributed by atoms with Gasteiger partial charge in [-0.15, -0.1) is 0 Å². The highest BCUT2D eigenvalue weighted by Gasteiger charge is 2.11. The van der Waals surface area contributed by atoms with Crippen molar-refractivity contribution in [3.8, 4) is 6.07 Å². The minimum atomic E-state index is 0.290. The molecule has 2 N–H and O–H groups in total. The van der Waals surface area contributed by atoms with Gasteiger partial charge in [0.2, 0.25) is 0 Å². The molecule has 0 atom stereocenters. The lowest BCUT2D eigenvalue weighted by molar-refractivity contribution is 1.46. The Hall–Kier alpha value is -0.240. The third-order valence-corrected chi connectivity index (χ3v) is 3.22. The van der Waals surface area contributed by atoms with Crippen molar-refractivity contribution in [3.05, 3.63) is 25.6 Å². The van der Waals surface area contributed by atoms with E-state index < -0.39 is 0 Å². The third-order valence-electron chi connectivity index (χ3n) is 1.32. The lowest BCUT2D eigenvalue weighted by Gasteiger charge is -2.04. The van der Waals surface area contributed by atoms with E-state index in [9.17, 15) is 0 Å². The Morgan fingerprint density at radius 2 is 2.00 bits per heavy atom. The summed E-state index contributed by atoms with van der Waals surface area (Å²) in [6.07, 6.45) is 0. The normalized spacial score (nSPS) is 9.50. The van der Waals surface area contributed by atoms with Crippen molar-refractivity contribution in [1.29, 1.82) is 5.26 Å². The zero-order chi connectivity index (χ0) is 9.30. The average molecular weight is 310 g/mol. The molecule has 2 nitrogen and oxygen atoms in total. The largest absolute Gasteiger partial charge is 0.397 e. The van der Waals surface area contributed by atoms with Gasteiger partial charge in [-0.1, -0.05) is 11.6 Å². The summed E-state index contributed by atoms with van der Waals surface area (Å²) < 4.78 is 1.32. The maximum absolute atomic E-state index is 8.69. The monoisotopic (exact) mass is 308 g/mol. The molecule has 0 aliphatic heterocycles. The zero-order valence-corrected chi connectivity index (χ0v) is 9.66. The molecule has 0 radical (unpaired) electrons. The van der Waals surface area contributed by atoms with Crippen molar-refractivity contribution in [1.82, 2.24) is 0 Å². The van der Waals surface area contributed by atoms with Crippen molar-refractivity contribution >= 4 is 49.1 Å². The molecule has 0 aliphatic rings. The van der Waals surface area contributed by atoms with Crippen molar-refractivity contribution in [3.63, 3.8) is 0 Å². The SMILES string of the molecule is N#Cc1c(N)c(Br)cc(Br)c1Cl. The first kappa shape index (κ1) is 9.85. The first-order valence-corrected chi connectivity index (χ1v) is 4.87. The van der Waals surface area contributed by atoms with Crippen LogP contribution in [0, 0.1) is 11.3 Å². The molecule has 0 amide bonds. The molecule has 0 heterocycles. The van der Waals surface area contributed by atoms with Crippen LogP contribution in [0.4, 0.5) is 5.69 Å². The topological polar surface area (TPSA) is 49.8 Å². The Kier molecular flexibility index (Phi) is 2.99. The zero-order valence-electron chi connectivity index (χ0n) is 5.74. The smallest absolute Gasteiger partial charge is 0.103 e. The fraction of sp³-hybridized carbons (Fsp3) is 0. The van der Waals surface area contributed by atoms with Crippen LogP contribution in [0.2, 0.25) is 5.02 Å². The van der Waals surface area contributed by atoms with Crippen LogP contribution in [0.15, 0.2) is 15.0 Å². The van der Waals surface area contributed by atoms with E-state index in [1.807, 2.05) is 6.07 Å². The predicted octanol–water partition coefficient (Wildman–Crippen LogP) is 3.32. The maximum Gasteiger partial charge on any atom is 0.103 e. The van der Waals surface area contributed by atoms with Gasteiger partial charge in [0.25, 0.3) is 0 Å². The van der Waals surface area contributed by atoms with E-state index in [1.165, 1.54) is 0 Å². The Bertz CT molecular complexity index is 344. The molecule has 0 bridgehead atoms. The summed E-state index contributed by atoms with van der Waals surface area (Å²) in [5.41, 5.74) is 6.24. The Morgan fingerprint density at radius 3 is 2.50 bits per heavy atom. The summed E-state index contributed by atoms with van der Waals surface area (Å²) >= 11 is 12.2. The molecule has 1 rings (SSSR count). The van der Waals surface area contributed by atoms with E-state index in [0.29, 0.717) is 19.7 Å². The molecule has 0 aliphatic carbocycles. The van der Waals surface area contributed by atoms with Crippen LogP contribution < -0.4 is 5.73 Å². The molecule has 0 fully saturated rings. The average Bonchev–Trinajstić information content (AvgIpc) is 2.02. The number of nitrogens with zero attached hydrogens (tertiary/aromatic N) is 1. The van der Waals surface area contributed by atoms with Crippen molar-refractivity contribution in [2.45, 2.75) is 0 Å². The second-order valence-corrected chi connectivity index (χ2v) is 4.14. The highest BCUT2D eigenvalue weighted by Crippen LogP contribution is 2.35. The summed E-state index contributed by atoms with van der Waals surface area (Å²) in [6.45, 7) is 0. The molecule has 62 valence electrons. The number of rotatable bonds is 0. The second kappa shape index (κ2) is 3.65. The van der Waals surface area contributed by atoms with E-state index in [4.69, 9.17) is 22.6 Å². The molecular weight excluding hydrogens is 307 g/mol. The van der Waals surface area contributed by atoms with Crippen molar-refractivity contribution in [2.24, 2.45) is 0 Å². The predicted molar refractivity (Wildman–Crippen MR) is 56.0 cm³/mol. The maximum atomic E-state index is 8.69. The Balaban J connectivity index is 3.56. The van der Waals surface area contributed by atoms with Crippen LogP contribution in [0.25, 0.3) is 0 Å². The van der Waals surface area contributed by atoms with E-state index in [2.05, 4.69) is 31.9 Å². The van der Waals surface area contributed by atoms with Gasteiger partial charge in [0.05, 0.1) is 16.3 Å². The van der Waals surface area contributed by atoms with Gasteiger partial charge in [-0.3, -0.25) is 0 Å². The lowest BCUT2D eigenvalue weighted by Crippen LogP contribution is -1.93. The molecule has 0 saturated heterocycles. The number of nitrogen functional groups attached to an aromatic ring is 1. The number of nitriles is 1. The first-order chi connectivity index (χ1) is 5.57. The second-order valence-electron chi connectivity index (χ2n) is 2.05. The highest BCUT2D eigenvalue weighted by molar-refractivity contribution is 9.11. The number of hydrogen-bond acceptors (Lipinski definition) is 2. The standard InChI is InChI=1S/C7H3Br2ClN2/c8-4-1-5(9)7(12)3(2-11)6(4)10/h1H,12H2. The van der Waals surface area contributed by atoms with E-state index in [0.717, 1.165) is 0 Å².